The molecule has 5 rings (SSSR count). The molecule has 136 valence electrons. The predicted octanol–water partition coefficient (Wildman–Crippen LogP) is 6.82. The molecule has 0 unspecified atom stereocenters. The maximum Gasteiger partial charge on any atom is 0.157 e. The van der Waals surface area contributed by atoms with Crippen molar-refractivity contribution in [3.63, 3.8) is 0 Å². The Balaban J connectivity index is 1.54. The average Bonchev–Trinajstić information content (AvgIpc) is 3.14. The van der Waals surface area contributed by atoms with E-state index < -0.39 is 0 Å². The van der Waals surface area contributed by atoms with Crippen LogP contribution in [0.1, 0.15) is 16.9 Å². The second kappa shape index (κ2) is 7.02. The number of para-hydroxylation sites is 2. The molecule has 1 aromatic heterocycles. The van der Waals surface area contributed by atoms with Gasteiger partial charge in [-0.05, 0) is 35.4 Å². The molecule has 3 nitrogen and oxygen atoms in total. The second-order valence-electron chi connectivity index (χ2n) is 6.73. The number of nitrogens with zero attached hydrogens (tertiary/aromatic N) is 2. The van der Waals surface area contributed by atoms with Crippen molar-refractivity contribution in [3.8, 4) is 11.3 Å². The number of benzene rings is 3. The van der Waals surface area contributed by atoms with E-state index in [-0.39, 0.29) is 0 Å². The molecule has 0 saturated carbocycles. The Morgan fingerprint density at radius 2 is 1.46 bits per heavy atom. The summed E-state index contributed by atoms with van der Waals surface area (Å²) in [5.74, 6) is 0.793. The minimum Gasteiger partial charge on any atom is -0.359 e. The van der Waals surface area contributed by atoms with Gasteiger partial charge < -0.3 is 9.42 Å². The zero-order valence-electron chi connectivity index (χ0n) is 15.0. The SMILES string of the molecule is Clc1cccc(-c2cc(CN3c4ccccc4C=Cc4ccccc43)on2)c1. The van der Waals surface area contributed by atoms with Crippen LogP contribution in [-0.4, -0.2) is 5.16 Å². The van der Waals surface area contributed by atoms with Gasteiger partial charge in [0.1, 0.15) is 5.69 Å². The molecule has 1 aliphatic heterocycles. The first-order valence-corrected chi connectivity index (χ1v) is 9.51. The molecule has 0 atom stereocenters. The van der Waals surface area contributed by atoms with Gasteiger partial charge in [-0.2, -0.15) is 0 Å². The van der Waals surface area contributed by atoms with Gasteiger partial charge in [0.2, 0.25) is 0 Å². The lowest BCUT2D eigenvalue weighted by Crippen LogP contribution is -2.17. The fraction of sp³-hybridized carbons (Fsp3) is 0.0417. The summed E-state index contributed by atoms with van der Waals surface area (Å²) in [5.41, 5.74) is 6.36. The highest BCUT2D eigenvalue weighted by molar-refractivity contribution is 6.30. The average molecular weight is 385 g/mol. The number of halogens is 1. The zero-order valence-corrected chi connectivity index (χ0v) is 15.8. The van der Waals surface area contributed by atoms with Crippen LogP contribution in [0.15, 0.2) is 83.4 Å². The molecule has 4 heteroatoms. The van der Waals surface area contributed by atoms with Crippen LogP contribution in [0.5, 0.6) is 0 Å². The van der Waals surface area contributed by atoms with E-state index >= 15 is 0 Å². The zero-order chi connectivity index (χ0) is 18.9. The maximum absolute atomic E-state index is 6.11. The van der Waals surface area contributed by atoms with Crippen LogP contribution < -0.4 is 4.90 Å². The lowest BCUT2D eigenvalue weighted by Gasteiger charge is -2.25. The molecule has 28 heavy (non-hydrogen) atoms. The van der Waals surface area contributed by atoms with Crippen LogP contribution >= 0.6 is 11.6 Å². The summed E-state index contributed by atoms with van der Waals surface area (Å²) in [6, 6.07) is 26.4. The summed E-state index contributed by atoms with van der Waals surface area (Å²) in [4.78, 5) is 2.27. The largest absolute Gasteiger partial charge is 0.359 e. The highest BCUT2D eigenvalue weighted by Crippen LogP contribution is 2.37. The second-order valence-corrected chi connectivity index (χ2v) is 7.16. The number of rotatable bonds is 3. The van der Waals surface area contributed by atoms with E-state index in [4.69, 9.17) is 16.1 Å². The number of fused-ring (bicyclic) bond motifs is 2. The minimum atomic E-state index is 0.587. The predicted molar refractivity (Wildman–Crippen MR) is 115 cm³/mol. The Labute approximate surface area is 168 Å². The van der Waals surface area contributed by atoms with Crippen molar-refractivity contribution in [2.45, 2.75) is 6.54 Å². The normalized spacial score (nSPS) is 12.4. The van der Waals surface area contributed by atoms with E-state index in [0.29, 0.717) is 11.6 Å². The van der Waals surface area contributed by atoms with Crippen LogP contribution in [0.4, 0.5) is 11.4 Å². The van der Waals surface area contributed by atoms with Gasteiger partial charge in [-0.1, -0.05) is 77.4 Å². The number of hydrogen-bond acceptors (Lipinski definition) is 3. The summed E-state index contributed by atoms with van der Waals surface area (Å²) in [6.07, 6.45) is 4.32. The van der Waals surface area contributed by atoms with Crippen LogP contribution in [0.3, 0.4) is 0 Å². The van der Waals surface area contributed by atoms with Crippen molar-refractivity contribution in [1.29, 1.82) is 0 Å². The topological polar surface area (TPSA) is 29.3 Å². The summed E-state index contributed by atoms with van der Waals surface area (Å²) in [5, 5.41) is 4.94. The first kappa shape index (κ1) is 16.8. The molecule has 1 aliphatic rings. The van der Waals surface area contributed by atoms with E-state index in [1.54, 1.807) is 0 Å². The molecule has 0 radical (unpaired) electrons. The summed E-state index contributed by atoms with van der Waals surface area (Å²) in [7, 11) is 0. The van der Waals surface area contributed by atoms with E-state index in [9.17, 15) is 0 Å². The molecule has 0 amide bonds. The van der Waals surface area contributed by atoms with Crippen molar-refractivity contribution in [2.24, 2.45) is 0 Å². The standard InChI is InChI=1S/C24H17ClN2O/c25-20-9-5-8-19(14-20)22-15-21(28-26-22)16-27-23-10-3-1-6-17(23)12-13-18-7-2-4-11-24(18)27/h1-15H,16H2. The summed E-state index contributed by atoms with van der Waals surface area (Å²) < 4.78 is 5.68. The van der Waals surface area contributed by atoms with E-state index in [1.807, 2.05) is 30.3 Å². The first-order chi connectivity index (χ1) is 13.8. The lowest BCUT2D eigenvalue weighted by molar-refractivity contribution is 0.386. The Morgan fingerprint density at radius 3 is 2.14 bits per heavy atom. The molecule has 0 N–H and O–H groups in total. The Hall–Kier alpha value is -3.30. The molecule has 2 heterocycles. The Morgan fingerprint density at radius 1 is 0.786 bits per heavy atom. The van der Waals surface area contributed by atoms with Gasteiger partial charge in [-0.3, -0.25) is 0 Å². The van der Waals surface area contributed by atoms with Crippen LogP contribution in [-0.2, 0) is 6.54 Å². The van der Waals surface area contributed by atoms with Crippen LogP contribution in [0.25, 0.3) is 23.4 Å². The molecule has 0 aliphatic carbocycles. The molecular weight excluding hydrogens is 368 g/mol. The highest BCUT2D eigenvalue weighted by atomic mass is 35.5. The van der Waals surface area contributed by atoms with Gasteiger partial charge in [0, 0.05) is 28.0 Å². The third-order valence-electron chi connectivity index (χ3n) is 4.89. The number of hydrogen-bond donors (Lipinski definition) is 0. The summed E-state index contributed by atoms with van der Waals surface area (Å²) in [6.45, 7) is 0.587. The van der Waals surface area contributed by atoms with Gasteiger partial charge >= 0.3 is 0 Å². The minimum absolute atomic E-state index is 0.587. The van der Waals surface area contributed by atoms with Gasteiger partial charge in [0.15, 0.2) is 5.76 Å². The Bertz CT molecular complexity index is 1130. The fourth-order valence-corrected chi connectivity index (χ4v) is 3.75. The maximum atomic E-state index is 6.11. The molecule has 0 fully saturated rings. The summed E-state index contributed by atoms with van der Waals surface area (Å²) >= 11 is 6.11. The van der Waals surface area contributed by atoms with Crippen molar-refractivity contribution in [1.82, 2.24) is 5.16 Å². The fourth-order valence-electron chi connectivity index (χ4n) is 3.56. The Kier molecular flexibility index (Phi) is 4.22. The highest BCUT2D eigenvalue weighted by Gasteiger charge is 2.20. The van der Waals surface area contributed by atoms with Gasteiger partial charge in [0.25, 0.3) is 0 Å². The quantitative estimate of drug-likeness (QED) is 0.388. The van der Waals surface area contributed by atoms with Crippen LogP contribution in [0, 0.1) is 0 Å². The monoisotopic (exact) mass is 384 g/mol. The van der Waals surface area contributed by atoms with Gasteiger partial charge in [-0.15, -0.1) is 0 Å². The van der Waals surface area contributed by atoms with E-state index in [1.165, 1.54) is 11.1 Å². The number of anilines is 2. The molecule has 0 saturated heterocycles. The van der Waals surface area contributed by atoms with E-state index in [0.717, 1.165) is 28.4 Å². The van der Waals surface area contributed by atoms with Crippen molar-refractivity contribution in [3.05, 3.63) is 101 Å². The van der Waals surface area contributed by atoms with Crippen LogP contribution in [0.2, 0.25) is 5.02 Å². The lowest BCUT2D eigenvalue weighted by atomic mass is 10.1. The number of aromatic nitrogens is 1. The molecule has 3 aromatic carbocycles. The third kappa shape index (κ3) is 3.10. The smallest absolute Gasteiger partial charge is 0.157 e. The van der Waals surface area contributed by atoms with Crippen molar-refractivity contribution < 1.29 is 4.52 Å². The molecule has 0 spiro atoms. The van der Waals surface area contributed by atoms with Gasteiger partial charge in [0.05, 0.1) is 6.54 Å². The molecular formula is C24H17ClN2O. The molecule has 0 bridgehead atoms. The first-order valence-electron chi connectivity index (χ1n) is 9.13. The third-order valence-corrected chi connectivity index (χ3v) is 5.13. The van der Waals surface area contributed by atoms with Gasteiger partial charge in [-0.25, -0.2) is 0 Å². The molecule has 4 aromatic rings. The van der Waals surface area contributed by atoms with Crippen molar-refractivity contribution in [2.75, 3.05) is 4.90 Å². The van der Waals surface area contributed by atoms with Crippen molar-refractivity contribution >= 4 is 35.1 Å². The van der Waals surface area contributed by atoms with E-state index in [2.05, 4.69) is 70.7 Å².